The highest BCUT2D eigenvalue weighted by Gasteiger charge is 2.38. The van der Waals surface area contributed by atoms with Crippen LogP contribution in [0, 0.1) is 0 Å². The average molecular weight is 467 g/mol. The van der Waals surface area contributed by atoms with Crippen molar-refractivity contribution in [3.05, 3.63) is 66.0 Å². The average Bonchev–Trinajstić information content (AvgIpc) is 3.50. The van der Waals surface area contributed by atoms with Gasteiger partial charge in [-0.25, -0.2) is 13.4 Å². The smallest absolute Gasteiger partial charge is 0.253 e. The Labute approximate surface area is 190 Å². The second-order valence-corrected chi connectivity index (χ2v) is 10.8. The van der Waals surface area contributed by atoms with Crippen LogP contribution in [-0.2, 0) is 14.8 Å². The third-order valence-corrected chi connectivity index (χ3v) is 8.91. The van der Waals surface area contributed by atoms with Crippen LogP contribution in [0.3, 0.4) is 0 Å². The van der Waals surface area contributed by atoms with Crippen LogP contribution >= 0.6 is 11.3 Å². The van der Waals surface area contributed by atoms with E-state index >= 15 is 0 Å². The van der Waals surface area contributed by atoms with E-state index in [1.165, 1.54) is 15.6 Å². The fourth-order valence-electron chi connectivity index (χ4n) is 4.01. The minimum absolute atomic E-state index is 0.271. The zero-order valence-electron chi connectivity index (χ0n) is 17.2. The summed E-state index contributed by atoms with van der Waals surface area (Å²) in [5, 5.41) is 4.62. The lowest BCUT2D eigenvalue weighted by Crippen LogP contribution is -2.49. The van der Waals surface area contributed by atoms with Gasteiger partial charge in [0.15, 0.2) is 0 Å². The molecule has 1 amide bonds. The van der Waals surface area contributed by atoms with Gasteiger partial charge < -0.3 is 10.3 Å². The molecule has 4 aromatic rings. The highest BCUT2D eigenvalue weighted by molar-refractivity contribution is 7.91. The van der Waals surface area contributed by atoms with Crippen molar-refractivity contribution >= 4 is 44.0 Å². The number of hydrogen-bond acceptors (Lipinski definition) is 5. The molecule has 1 aliphatic heterocycles. The van der Waals surface area contributed by atoms with Gasteiger partial charge in [0.25, 0.3) is 10.0 Å². The molecule has 0 spiro atoms. The Balaban J connectivity index is 1.33. The number of nitrogens with zero attached hydrogens (tertiary/aromatic N) is 2. The van der Waals surface area contributed by atoms with Crippen LogP contribution in [-0.4, -0.2) is 41.2 Å². The van der Waals surface area contributed by atoms with E-state index < -0.39 is 16.1 Å². The number of fused-ring (bicyclic) bond motifs is 1. The van der Waals surface area contributed by atoms with Gasteiger partial charge in [-0.2, -0.15) is 4.31 Å². The lowest BCUT2D eigenvalue weighted by Gasteiger charge is -2.33. The summed E-state index contributed by atoms with van der Waals surface area (Å²) in [6.07, 6.45) is 2.08. The Morgan fingerprint density at radius 1 is 1.06 bits per heavy atom. The SMILES string of the molecule is O=C(Nc1ccc(-c2nc3ccccc3[nH]2)cc1)C1CCCCN1S(=O)(=O)c1cccs1. The molecule has 2 N–H and O–H groups in total. The number of rotatable bonds is 5. The summed E-state index contributed by atoms with van der Waals surface area (Å²) in [7, 11) is -3.68. The van der Waals surface area contributed by atoms with Crippen LogP contribution in [0.2, 0.25) is 0 Å². The number of para-hydroxylation sites is 2. The highest BCUT2D eigenvalue weighted by Crippen LogP contribution is 2.29. The number of benzene rings is 2. The van der Waals surface area contributed by atoms with E-state index in [1.54, 1.807) is 29.6 Å². The van der Waals surface area contributed by atoms with E-state index in [0.717, 1.165) is 35.3 Å². The molecular weight excluding hydrogens is 444 g/mol. The Morgan fingerprint density at radius 2 is 1.88 bits per heavy atom. The van der Waals surface area contributed by atoms with Crippen molar-refractivity contribution in [3.8, 4) is 11.4 Å². The molecule has 2 aromatic heterocycles. The van der Waals surface area contributed by atoms with Crippen LogP contribution in [0.4, 0.5) is 5.69 Å². The number of anilines is 1. The van der Waals surface area contributed by atoms with Gasteiger partial charge in [-0.05, 0) is 60.7 Å². The van der Waals surface area contributed by atoms with Crippen LogP contribution < -0.4 is 5.32 Å². The van der Waals surface area contributed by atoms with E-state index in [-0.39, 0.29) is 10.1 Å². The fourth-order valence-corrected chi connectivity index (χ4v) is 6.78. The van der Waals surface area contributed by atoms with E-state index in [0.29, 0.717) is 18.7 Å². The normalized spacial score (nSPS) is 17.4. The molecule has 1 unspecified atom stereocenters. The second kappa shape index (κ2) is 8.50. The van der Waals surface area contributed by atoms with Gasteiger partial charge in [0.05, 0.1) is 11.0 Å². The molecule has 7 nitrogen and oxygen atoms in total. The molecule has 0 bridgehead atoms. The molecule has 1 saturated heterocycles. The summed E-state index contributed by atoms with van der Waals surface area (Å²) in [4.78, 5) is 20.9. The number of H-pyrrole nitrogens is 1. The monoisotopic (exact) mass is 466 g/mol. The highest BCUT2D eigenvalue weighted by atomic mass is 32.2. The lowest BCUT2D eigenvalue weighted by atomic mass is 10.0. The number of imidazole rings is 1. The Morgan fingerprint density at radius 3 is 2.62 bits per heavy atom. The summed E-state index contributed by atoms with van der Waals surface area (Å²) in [5.41, 5.74) is 3.38. The van der Waals surface area contributed by atoms with Gasteiger partial charge in [-0.3, -0.25) is 4.79 Å². The van der Waals surface area contributed by atoms with Gasteiger partial charge in [-0.1, -0.05) is 24.6 Å². The van der Waals surface area contributed by atoms with Crippen molar-refractivity contribution in [2.45, 2.75) is 29.5 Å². The van der Waals surface area contributed by atoms with Gasteiger partial charge in [0.1, 0.15) is 16.1 Å². The minimum Gasteiger partial charge on any atom is -0.338 e. The fraction of sp³-hybridized carbons (Fsp3) is 0.217. The largest absolute Gasteiger partial charge is 0.338 e. The van der Waals surface area contributed by atoms with Crippen LogP contribution in [0.1, 0.15) is 19.3 Å². The van der Waals surface area contributed by atoms with Crippen LogP contribution in [0.25, 0.3) is 22.4 Å². The number of hydrogen-bond donors (Lipinski definition) is 2. The van der Waals surface area contributed by atoms with Crippen molar-refractivity contribution in [2.24, 2.45) is 0 Å². The zero-order valence-corrected chi connectivity index (χ0v) is 18.8. The molecule has 32 heavy (non-hydrogen) atoms. The second-order valence-electron chi connectivity index (χ2n) is 7.73. The predicted octanol–water partition coefficient (Wildman–Crippen LogP) is 4.47. The van der Waals surface area contributed by atoms with E-state index in [9.17, 15) is 13.2 Å². The lowest BCUT2D eigenvalue weighted by molar-refractivity contribution is -0.120. The third-order valence-electron chi connectivity index (χ3n) is 5.63. The Kier molecular flexibility index (Phi) is 5.54. The summed E-state index contributed by atoms with van der Waals surface area (Å²) in [6.45, 7) is 0.351. The predicted molar refractivity (Wildman–Crippen MR) is 126 cm³/mol. The maximum Gasteiger partial charge on any atom is 0.253 e. The standard InChI is InChI=1S/C23H22N4O3S2/c28-23(20-8-3-4-14-27(20)32(29,30)21-9-5-15-31-21)24-17-12-10-16(11-13-17)22-25-18-6-1-2-7-19(18)26-22/h1-2,5-7,9-13,15,20H,3-4,8,14H2,(H,24,28)(H,25,26). The summed E-state index contributed by atoms with van der Waals surface area (Å²) >= 11 is 1.17. The number of piperidine rings is 1. The molecule has 9 heteroatoms. The molecule has 0 aliphatic carbocycles. The zero-order chi connectivity index (χ0) is 22.1. The number of carbonyl (C=O) groups is 1. The molecule has 3 heterocycles. The Hall–Kier alpha value is -3.01. The summed E-state index contributed by atoms with van der Waals surface area (Å²) < 4.78 is 27.7. The van der Waals surface area contributed by atoms with Crippen LogP contribution in [0.5, 0.6) is 0 Å². The van der Waals surface area contributed by atoms with E-state index in [1.807, 2.05) is 36.4 Å². The number of aromatic amines is 1. The molecule has 1 fully saturated rings. The van der Waals surface area contributed by atoms with Gasteiger partial charge in [0.2, 0.25) is 5.91 Å². The van der Waals surface area contributed by atoms with Crippen molar-refractivity contribution in [1.82, 2.24) is 14.3 Å². The first-order valence-corrected chi connectivity index (χ1v) is 12.8. The molecule has 2 aromatic carbocycles. The number of carbonyl (C=O) groups excluding carboxylic acids is 1. The van der Waals surface area contributed by atoms with Crippen molar-refractivity contribution in [2.75, 3.05) is 11.9 Å². The van der Waals surface area contributed by atoms with Crippen LogP contribution in [0.15, 0.2) is 70.3 Å². The first-order chi connectivity index (χ1) is 15.5. The number of amides is 1. The Bertz CT molecular complexity index is 1310. The number of sulfonamides is 1. The number of thiophene rings is 1. The third kappa shape index (κ3) is 3.94. The molecule has 1 aliphatic rings. The maximum atomic E-state index is 13.0. The minimum atomic E-state index is -3.68. The number of aromatic nitrogens is 2. The van der Waals surface area contributed by atoms with Crippen molar-refractivity contribution < 1.29 is 13.2 Å². The molecule has 0 radical (unpaired) electrons. The molecule has 5 rings (SSSR count). The van der Waals surface area contributed by atoms with Gasteiger partial charge >= 0.3 is 0 Å². The summed E-state index contributed by atoms with van der Waals surface area (Å²) in [5.74, 6) is 0.450. The quantitative estimate of drug-likeness (QED) is 0.454. The molecule has 0 saturated carbocycles. The first kappa shape index (κ1) is 20.9. The van der Waals surface area contributed by atoms with Gasteiger partial charge in [0, 0.05) is 17.8 Å². The van der Waals surface area contributed by atoms with E-state index in [4.69, 9.17) is 0 Å². The number of nitrogens with one attached hydrogen (secondary N) is 2. The van der Waals surface area contributed by atoms with E-state index in [2.05, 4.69) is 15.3 Å². The maximum absolute atomic E-state index is 13.0. The first-order valence-electron chi connectivity index (χ1n) is 10.4. The molecule has 164 valence electrons. The summed E-state index contributed by atoms with van der Waals surface area (Å²) in [6, 6.07) is 17.8. The van der Waals surface area contributed by atoms with Crippen molar-refractivity contribution in [3.63, 3.8) is 0 Å². The topological polar surface area (TPSA) is 95.2 Å². The van der Waals surface area contributed by atoms with Gasteiger partial charge in [-0.15, -0.1) is 11.3 Å². The van der Waals surface area contributed by atoms with Crippen molar-refractivity contribution in [1.29, 1.82) is 0 Å². The molecular formula is C23H22N4O3S2. The molecule has 1 atom stereocenters.